The van der Waals surface area contributed by atoms with E-state index in [9.17, 15) is 4.79 Å². The van der Waals surface area contributed by atoms with E-state index in [0.717, 1.165) is 18.4 Å². The van der Waals surface area contributed by atoms with Crippen molar-refractivity contribution in [3.05, 3.63) is 69.2 Å². The molecular weight excluding hydrogens is 374 g/mol. The molecule has 0 aliphatic carbocycles. The van der Waals surface area contributed by atoms with Gasteiger partial charge in [-0.05, 0) is 61.9 Å². The second-order valence-electron chi connectivity index (χ2n) is 7.81. The third-order valence-corrected chi connectivity index (χ3v) is 5.22. The monoisotopic (exact) mass is 403 g/mol. The van der Waals surface area contributed by atoms with Crippen LogP contribution >= 0.6 is 11.6 Å². The van der Waals surface area contributed by atoms with Crippen LogP contribution in [0.5, 0.6) is 0 Å². The van der Waals surface area contributed by atoms with Crippen molar-refractivity contribution in [3.8, 4) is 0 Å². The zero-order valence-corrected chi connectivity index (χ0v) is 17.7. The highest BCUT2D eigenvalue weighted by atomic mass is 35.5. The number of aryl methyl sites for hydroxylation is 3. The summed E-state index contributed by atoms with van der Waals surface area (Å²) in [6, 6.07) is 11.7. The molecular formula is C23H30ClNO3. The molecule has 0 fully saturated rings. The normalized spacial score (nSPS) is 13.4. The maximum absolute atomic E-state index is 12.5. The van der Waals surface area contributed by atoms with Crippen LogP contribution in [0.1, 0.15) is 52.4 Å². The summed E-state index contributed by atoms with van der Waals surface area (Å²) in [6.07, 6.45) is 2.18. The molecule has 0 unspecified atom stereocenters. The van der Waals surface area contributed by atoms with E-state index >= 15 is 0 Å². The van der Waals surface area contributed by atoms with Gasteiger partial charge in [0.05, 0.1) is 25.4 Å². The van der Waals surface area contributed by atoms with Crippen LogP contribution in [0, 0.1) is 13.8 Å². The average molecular weight is 404 g/mol. The number of benzene rings is 2. The Hall–Kier alpha value is -1.72. The van der Waals surface area contributed by atoms with E-state index in [1.165, 1.54) is 16.7 Å². The molecule has 0 aromatic heterocycles. The first-order valence-electron chi connectivity index (χ1n) is 9.57. The molecule has 0 amide bonds. The van der Waals surface area contributed by atoms with Crippen molar-refractivity contribution in [2.75, 3.05) is 13.2 Å². The Morgan fingerprint density at radius 1 is 1.18 bits per heavy atom. The number of Topliss-reactive ketones (excluding diaryl/α,β-unsaturated/α-hetero) is 1. The van der Waals surface area contributed by atoms with Gasteiger partial charge in [0.2, 0.25) is 0 Å². The predicted octanol–water partition coefficient (Wildman–Crippen LogP) is 4.39. The smallest absolute Gasteiger partial charge is 0.162 e. The van der Waals surface area contributed by atoms with Crippen molar-refractivity contribution in [1.29, 1.82) is 0 Å². The van der Waals surface area contributed by atoms with Gasteiger partial charge in [0.1, 0.15) is 0 Å². The minimum atomic E-state index is -0.779. The largest absolute Gasteiger partial charge is 0.394 e. The van der Waals surface area contributed by atoms with Crippen molar-refractivity contribution in [3.63, 3.8) is 0 Å². The second-order valence-corrected chi connectivity index (χ2v) is 8.21. The van der Waals surface area contributed by atoms with Gasteiger partial charge in [0.15, 0.2) is 5.78 Å². The van der Waals surface area contributed by atoms with Gasteiger partial charge in [0, 0.05) is 17.0 Å². The topological polar surface area (TPSA) is 72.5 Å². The third kappa shape index (κ3) is 6.71. The van der Waals surface area contributed by atoms with Crippen LogP contribution in [0.3, 0.4) is 0 Å². The predicted molar refractivity (Wildman–Crippen MR) is 114 cm³/mol. The van der Waals surface area contributed by atoms with Crippen LogP contribution < -0.4 is 5.73 Å². The van der Waals surface area contributed by atoms with Gasteiger partial charge in [-0.15, -0.1) is 0 Å². The Morgan fingerprint density at radius 2 is 1.93 bits per heavy atom. The molecule has 0 saturated heterocycles. The number of nitrogens with two attached hydrogens (primary N) is 1. The van der Waals surface area contributed by atoms with Crippen LogP contribution in [0.4, 0.5) is 0 Å². The third-order valence-electron chi connectivity index (χ3n) is 4.87. The first kappa shape index (κ1) is 22.6. The highest BCUT2D eigenvalue weighted by molar-refractivity contribution is 6.31. The summed E-state index contributed by atoms with van der Waals surface area (Å²) in [5, 5.41) is 9.65. The first-order chi connectivity index (χ1) is 13.2. The minimum Gasteiger partial charge on any atom is -0.394 e. The summed E-state index contributed by atoms with van der Waals surface area (Å²) < 4.78 is 5.53. The Labute approximate surface area is 172 Å². The number of aliphatic hydroxyl groups excluding tert-OH is 1. The Balaban J connectivity index is 1.86. The van der Waals surface area contributed by atoms with Gasteiger partial charge in [-0.2, -0.15) is 0 Å². The molecule has 0 saturated carbocycles. The summed E-state index contributed by atoms with van der Waals surface area (Å²) in [6.45, 7) is 6.27. The van der Waals surface area contributed by atoms with Gasteiger partial charge >= 0.3 is 0 Å². The quantitative estimate of drug-likeness (QED) is 0.577. The van der Waals surface area contributed by atoms with Gasteiger partial charge < -0.3 is 15.6 Å². The highest BCUT2D eigenvalue weighted by Crippen LogP contribution is 2.21. The van der Waals surface area contributed by atoms with E-state index < -0.39 is 5.54 Å². The van der Waals surface area contributed by atoms with Crippen molar-refractivity contribution < 1.29 is 14.6 Å². The van der Waals surface area contributed by atoms with Gasteiger partial charge in [-0.1, -0.05) is 41.9 Å². The number of hydrogen-bond donors (Lipinski definition) is 2. The van der Waals surface area contributed by atoms with Crippen molar-refractivity contribution >= 4 is 17.4 Å². The molecule has 0 aliphatic rings. The van der Waals surface area contributed by atoms with E-state index in [4.69, 9.17) is 27.2 Å². The number of hydrogen-bond acceptors (Lipinski definition) is 4. The molecule has 0 spiro atoms. The molecule has 0 aliphatic heterocycles. The average Bonchev–Trinajstić information content (AvgIpc) is 2.65. The summed E-state index contributed by atoms with van der Waals surface area (Å²) in [4.78, 5) is 12.5. The molecule has 28 heavy (non-hydrogen) atoms. The zero-order chi connectivity index (χ0) is 20.7. The van der Waals surface area contributed by atoms with Gasteiger partial charge in [-0.3, -0.25) is 4.79 Å². The standard InChI is InChI=1S/C23H30ClNO3/c1-16-7-8-18(11-17(16)2)5-4-6-22(27)19-9-10-20(21(24)12-19)13-28-15-23(3,25)14-26/h7-12,26H,4-6,13-15,25H2,1-3H3/t23-/m0/s1. The fourth-order valence-electron chi connectivity index (χ4n) is 2.83. The van der Waals surface area contributed by atoms with E-state index in [1.807, 2.05) is 6.07 Å². The van der Waals surface area contributed by atoms with E-state index in [0.29, 0.717) is 17.0 Å². The molecule has 2 rings (SSSR count). The maximum Gasteiger partial charge on any atom is 0.162 e. The Morgan fingerprint density at radius 3 is 2.57 bits per heavy atom. The zero-order valence-electron chi connectivity index (χ0n) is 16.9. The number of halogens is 1. The van der Waals surface area contributed by atoms with Crippen molar-refractivity contribution in [1.82, 2.24) is 0 Å². The molecule has 1 atom stereocenters. The first-order valence-corrected chi connectivity index (χ1v) is 9.95. The molecule has 2 aromatic rings. The summed E-state index contributed by atoms with van der Waals surface area (Å²) in [5.74, 6) is 0.0908. The number of ether oxygens (including phenoxy) is 1. The number of aliphatic hydroxyl groups is 1. The molecule has 4 nitrogen and oxygen atoms in total. The molecule has 0 radical (unpaired) electrons. The maximum atomic E-state index is 12.5. The van der Waals surface area contributed by atoms with Crippen LogP contribution in [-0.4, -0.2) is 29.6 Å². The lowest BCUT2D eigenvalue weighted by atomic mass is 9.99. The molecule has 3 N–H and O–H groups in total. The van der Waals surface area contributed by atoms with E-state index in [2.05, 4.69) is 32.0 Å². The fraction of sp³-hybridized carbons (Fsp3) is 0.435. The summed E-state index contributed by atoms with van der Waals surface area (Å²) >= 11 is 6.31. The van der Waals surface area contributed by atoms with E-state index in [-0.39, 0.29) is 25.6 Å². The second kappa shape index (κ2) is 10.2. The SMILES string of the molecule is Cc1ccc(CCCC(=O)c2ccc(COC[C@@](C)(N)CO)c(Cl)c2)cc1C. The van der Waals surface area contributed by atoms with Crippen LogP contribution in [0.25, 0.3) is 0 Å². The van der Waals surface area contributed by atoms with Gasteiger partial charge in [-0.25, -0.2) is 0 Å². The van der Waals surface area contributed by atoms with Crippen molar-refractivity contribution in [2.45, 2.75) is 52.2 Å². The molecule has 152 valence electrons. The number of carbonyl (C=O) groups excluding carboxylic acids is 1. The fourth-order valence-corrected chi connectivity index (χ4v) is 3.07. The number of rotatable bonds is 10. The van der Waals surface area contributed by atoms with E-state index in [1.54, 1.807) is 19.1 Å². The molecule has 2 aromatic carbocycles. The molecule has 5 heteroatoms. The lowest BCUT2D eigenvalue weighted by molar-refractivity contribution is 0.0535. The Bertz CT molecular complexity index is 817. The highest BCUT2D eigenvalue weighted by Gasteiger charge is 2.17. The minimum absolute atomic E-state index is 0.0908. The summed E-state index contributed by atoms with van der Waals surface area (Å²) in [5.41, 5.74) is 10.3. The van der Waals surface area contributed by atoms with Crippen molar-refractivity contribution in [2.24, 2.45) is 5.73 Å². The Kier molecular flexibility index (Phi) is 8.20. The molecule has 0 bridgehead atoms. The molecule has 0 heterocycles. The van der Waals surface area contributed by atoms with Crippen LogP contribution in [0.15, 0.2) is 36.4 Å². The lowest BCUT2D eigenvalue weighted by Crippen LogP contribution is -2.44. The van der Waals surface area contributed by atoms with Gasteiger partial charge in [0.25, 0.3) is 0 Å². The lowest BCUT2D eigenvalue weighted by Gasteiger charge is -2.21. The number of ketones is 1. The van der Waals surface area contributed by atoms with Crippen LogP contribution in [0.2, 0.25) is 5.02 Å². The summed E-state index contributed by atoms with van der Waals surface area (Å²) in [7, 11) is 0. The number of carbonyl (C=O) groups is 1. The van der Waals surface area contributed by atoms with Crippen LogP contribution in [-0.2, 0) is 17.8 Å².